The normalized spacial score (nSPS) is 16.2. The molecule has 1 fully saturated rings. The van der Waals surface area contributed by atoms with E-state index in [-0.39, 0.29) is 11.3 Å². The molecule has 2 aromatic carbocycles. The summed E-state index contributed by atoms with van der Waals surface area (Å²) in [7, 11) is 0. The van der Waals surface area contributed by atoms with Gasteiger partial charge < -0.3 is 10.1 Å². The molecule has 0 aromatic heterocycles. The zero-order chi connectivity index (χ0) is 21.1. The molecule has 1 saturated carbocycles. The third-order valence-corrected chi connectivity index (χ3v) is 5.85. The Morgan fingerprint density at radius 2 is 1.93 bits per heavy atom. The minimum Gasteiger partial charge on any atom is -0.444 e. The fourth-order valence-corrected chi connectivity index (χ4v) is 4.26. The van der Waals surface area contributed by atoms with Crippen molar-refractivity contribution in [1.82, 2.24) is 5.32 Å². The quantitative estimate of drug-likeness (QED) is 0.663. The molecule has 0 aliphatic heterocycles. The lowest BCUT2D eigenvalue weighted by Gasteiger charge is -2.49. The summed E-state index contributed by atoms with van der Waals surface area (Å²) in [5, 5.41) is 13.0. The molecular formula is C24H27ClN2O2. The average Bonchev–Trinajstić information content (AvgIpc) is 2.63. The van der Waals surface area contributed by atoms with E-state index in [4.69, 9.17) is 16.3 Å². The van der Waals surface area contributed by atoms with Crippen LogP contribution in [0.1, 0.15) is 62.6 Å². The molecule has 1 aliphatic rings. The number of carbonyl (C=O) groups is 1. The Kier molecular flexibility index (Phi) is 6.19. The predicted molar refractivity (Wildman–Crippen MR) is 115 cm³/mol. The molecule has 0 unspecified atom stereocenters. The molecule has 1 amide bonds. The number of hydrogen-bond acceptors (Lipinski definition) is 3. The van der Waals surface area contributed by atoms with Gasteiger partial charge in [0.15, 0.2) is 0 Å². The molecule has 152 valence electrons. The Balaban J connectivity index is 1.94. The lowest BCUT2D eigenvalue weighted by molar-refractivity contribution is 0.0511. The molecule has 0 bridgehead atoms. The Morgan fingerprint density at radius 3 is 2.48 bits per heavy atom. The van der Waals surface area contributed by atoms with Crippen molar-refractivity contribution >= 4 is 17.7 Å². The summed E-state index contributed by atoms with van der Waals surface area (Å²) in [4.78, 5) is 12.3. The topological polar surface area (TPSA) is 62.1 Å². The number of nitrogens with one attached hydrogen (secondary N) is 1. The van der Waals surface area contributed by atoms with Gasteiger partial charge in [0.05, 0.1) is 11.6 Å². The number of hydrogen-bond donors (Lipinski definition) is 1. The van der Waals surface area contributed by atoms with Crippen LogP contribution in [0.5, 0.6) is 0 Å². The van der Waals surface area contributed by atoms with E-state index in [0.29, 0.717) is 17.1 Å². The van der Waals surface area contributed by atoms with E-state index in [1.165, 1.54) is 5.56 Å². The van der Waals surface area contributed by atoms with Gasteiger partial charge in [0, 0.05) is 22.9 Å². The number of nitriles is 1. The van der Waals surface area contributed by atoms with E-state index >= 15 is 0 Å². The van der Waals surface area contributed by atoms with E-state index in [2.05, 4.69) is 23.5 Å². The van der Waals surface area contributed by atoms with Gasteiger partial charge in [-0.2, -0.15) is 5.26 Å². The van der Waals surface area contributed by atoms with E-state index < -0.39 is 11.7 Å². The fraction of sp³-hybridized carbons (Fsp3) is 0.417. The number of carbonyl (C=O) groups excluding carboxylic acids is 1. The molecule has 0 saturated heterocycles. The SMILES string of the molecule is CC(C)(C)OC(=O)NC[C@@H](c1cccc(C#N)c1)C1(c2ccc(Cl)cc2)CCC1. The first-order chi connectivity index (χ1) is 13.7. The van der Waals surface area contributed by atoms with Crippen molar-refractivity contribution in [3.63, 3.8) is 0 Å². The van der Waals surface area contributed by atoms with Crippen LogP contribution in [0.25, 0.3) is 0 Å². The summed E-state index contributed by atoms with van der Waals surface area (Å²) in [6.07, 6.45) is 2.74. The molecular weight excluding hydrogens is 384 g/mol. The highest BCUT2D eigenvalue weighted by atomic mass is 35.5. The van der Waals surface area contributed by atoms with Crippen molar-refractivity contribution in [2.75, 3.05) is 6.54 Å². The van der Waals surface area contributed by atoms with E-state index in [9.17, 15) is 10.1 Å². The number of ether oxygens (including phenoxy) is 1. The maximum Gasteiger partial charge on any atom is 0.407 e. The smallest absolute Gasteiger partial charge is 0.407 e. The zero-order valence-corrected chi connectivity index (χ0v) is 17.9. The van der Waals surface area contributed by atoms with E-state index in [1.807, 2.05) is 51.1 Å². The van der Waals surface area contributed by atoms with E-state index in [0.717, 1.165) is 24.8 Å². The average molecular weight is 411 g/mol. The Labute approximate surface area is 177 Å². The molecule has 3 rings (SSSR count). The van der Waals surface area contributed by atoms with Crippen LogP contribution >= 0.6 is 11.6 Å². The Hall–Kier alpha value is -2.51. The molecule has 2 aromatic rings. The predicted octanol–water partition coefficient (Wildman–Crippen LogP) is 5.94. The van der Waals surface area contributed by atoms with Gasteiger partial charge in [0.2, 0.25) is 0 Å². The minimum atomic E-state index is -0.551. The van der Waals surface area contributed by atoms with Gasteiger partial charge in [-0.05, 0) is 69.0 Å². The van der Waals surface area contributed by atoms with Crippen molar-refractivity contribution < 1.29 is 9.53 Å². The molecule has 4 nitrogen and oxygen atoms in total. The molecule has 0 radical (unpaired) electrons. The van der Waals surface area contributed by atoms with E-state index in [1.54, 1.807) is 6.07 Å². The lowest BCUT2D eigenvalue weighted by atomic mass is 9.56. The van der Waals surface area contributed by atoms with Crippen LogP contribution in [0.4, 0.5) is 4.79 Å². The van der Waals surface area contributed by atoms with Crippen LogP contribution in [0.15, 0.2) is 48.5 Å². The van der Waals surface area contributed by atoms with Crippen LogP contribution < -0.4 is 5.32 Å². The van der Waals surface area contributed by atoms with Crippen LogP contribution in [-0.4, -0.2) is 18.2 Å². The maximum atomic E-state index is 12.3. The number of benzene rings is 2. The van der Waals surface area contributed by atoms with Gasteiger partial charge in [-0.25, -0.2) is 4.79 Å². The van der Waals surface area contributed by atoms with Gasteiger partial charge >= 0.3 is 6.09 Å². The number of alkyl carbamates (subject to hydrolysis) is 1. The molecule has 0 spiro atoms. The van der Waals surface area contributed by atoms with Crippen LogP contribution in [0.2, 0.25) is 5.02 Å². The first-order valence-electron chi connectivity index (χ1n) is 9.96. The highest BCUT2D eigenvalue weighted by Gasteiger charge is 2.46. The van der Waals surface area contributed by atoms with Gasteiger partial charge in [0.1, 0.15) is 5.60 Å². The molecule has 1 N–H and O–H groups in total. The lowest BCUT2D eigenvalue weighted by Crippen LogP contribution is -2.46. The fourth-order valence-electron chi connectivity index (χ4n) is 4.13. The Morgan fingerprint density at radius 1 is 1.24 bits per heavy atom. The second-order valence-corrected chi connectivity index (χ2v) is 9.13. The van der Waals surface area contributed by atoms with Crippen molar-refractivity contribution in [3.05, 3.63) is 70.2 Å². The van der Waals surface area contributed by atoms with Crippen molar-refractivity contribution in [1.29, 1.82) is 5.26 Å². The van der Waals surface area contributed by atoms with Crippen molar-refractivity contribution in [2.45, 2.75) is 57.0 Å². The molecule has 1 aliphatic carbocycles. The summed E-state index contributed by atoms with van der Waals surface area (Å²) >= 11 is 6.11. The summed E-state index contributed by atoms with van der Waals surface area (Å²) in [5.74, 6) is 0.0262. The van der Waals surface area contributed by atoms with Crippen molar-refractivity contribution in [2.24, 2.45) is 0 Å². The standard InChI is InChI=1S/C24H27ClN2O2/c1-23(2,3)29-22(28)27-16-21(18-7-4-6-17(14-18)15-26)24(12-5-13-24)19-8-10-20(25)11-9-19/h4,6-11,14,21H,5,12-13,16H2,1-3H3,(H,27,28)/t21-/m0/s1. The number of rotatable bonds is 5. The van der Waals surface area contributed by atoms with Gasteiger partial charge in [-0.3, -0.25) is 0 Å². The number of amides is 1. The monoisotopic (exact) mass is 410 g/mol. The van der Waals surface area contributed by atoms with Crippen molar-refractivity contribution in [3.8, 4) is 6.07 Å². The second kappa shape index (κ2) is 8.47. The van der Waals surface area contributed by atoms with Gasteiger partial charge in [-0.1, -0.05) is 42.3 Å². The Bertz CT molecular complexity index is 906. The minimum absolute atomic E-state index is 0.0262. The number of halogens is 1. The first kappa shape index (κ1) is 21.2. The molecule has 29 heavy (non-hydrogen) atoms. The maximum absolute atomic E-state index is 12.3. The van der Waals surface area contributed by atoms with Crippen LogP contribution in [0.3, 0.4) is 0 Å². The largest absolute Gasteiger partial charge is 0.444 e. The summed E-state index contributed by atoms with van der Waals surface area (Å²) in [6.45, 7) is 5.98. The summed E-state index contributed by atoms with van der Waals surface area (Å²) in [5.41, 5.74) is 2.23. The number of nitrogens with zero attached hydrogens (tertiary/aromatic N) is 1. The third-order valence-electron chi connectivity index (χ3n) is 5.60. The molecule has 0 heterocycles. The second-order valence-electron chi connectivity index (χ2n) is 8.69. The highest BCUT2D eigenvalue weighted by Crippen LogP contribution is 2.53. The summed E-state index contributed by atoms with van der Waals surface area (Å²) < 4.78 is 5.43. The summed E-state index contributed by atoms with van der Waals surface area (Å²) in [6, 6.07) is 17.9. The van der Waals surface area contributed by atoms with Gasteiger partial charge in [-0.15, -0.1) is 0 Å². The molecule has 5 heteroatoms. The molecule has 1 atom stereocenters. The van der Waals surface area contributed by atoms with Crippen LogP contribution in [0, 0.1) is 11.3 Å². The zero-order valence-electron chi connectivity index (χ0n) is 17.2. The third kappa shape index (κ3) is 4.92. The first-order valence-corrected chi connectivity index (χ1v) is 10.3. The highest BCUT2D eigenvalue weighted by molar-refractivity contribution is 6.30. The van der Waals surface area contributed by atoms with Crippen LogP contribution in [-0.2, 0) is 10.2 Å². The van der Waals surface area contributed by atoms with Gasteiger partial charge in [0.25, 0.3) is 0 Å².